The van der Waals surface area contributed by atoms with Crippen LogP contribution in [-0.4, -0.2) is 21.0 Å². The smallest absolute Gasteiger partial charge is 0.284 e. The first-order chi connectivity index (χ1) is 7.15. The SMILES string of the molecule is O=C1/C(=N\O)Sc2c1cccc2[N+](=O)[O-]. The van der Waals surface area contributed by atoms with E-state index in [9.17, 15) is 14.9 Å². The summed E-state index contributed by atoms with van der Waals surface area (Å²) in [6.45, 7) is 0. The van der Waals surface area contributed by atoms with Crippen molar-refractivity contribution < 1.29 is 14.9 Å². The molecule has 1 aromatic carbocycles. The Morgan fingerprint density at radius 3 is 2.80 bits per heavy atom. The van der Waals surface area contributed by atoms with Gasteiger partial charge in [0.25, 0.3) is 5.69 Å². The van der Waals surface area contributed by atoms with Gasteiger partial charge in [0, 0.05) is 11.6 Å². The number of hydrogen-bond acceptors (Lipinski definition) is 6. The highest BCUT2D eigenvalue weighted by Gasteiger charge is 2.33. The summed E-state index contributed by atoms with van der Waals surface area (Å²) in [7, 11) is 0. The normalized spacial score (nSPS) is 16.8. The van der Waals surface area contributed by atoms with Gasteiger partial charge in [0.1, 0.15) is 4.90 Å². The predicted octanol–water partition coefficient (Wildman–Crippen LogP) is 1.67. The van der Waals surface area contributed by atoms with Crippen molar-refractivity contribution >= 4 is 28.3 Å². The van der Waals surface area contributed by atoms with Crippen LogP contribution in [0.3, 0.4) is 0 Å². The van der Waals surface area contributed by atoms with Gasteiger partial charge < -0.3 is 5.21 Å². The number of nitro groups is 1. The molecule has 1 aliphatic heterocycles. The zero-order chi connectivity index (χ0) is 11.0. The van der Waals surface area contributed by atoms with E-state index in [2.05, 4.69) is 5.16 Å². The summed E-state index contributed by atoms with van der Waals surface area (Å²) in [5.41, 5.74) is 0.0616. The number of thioether (sulfide) groups is 1. The Kier molecular flexibility index (Phi) is 2.16. The summed E-state index contributed by atoms with van der Waals surface area (Å²) in [5, 5.41) is 21.8. The quantitative estimate of drug-likeness (QED) is 0.445. The zero-order valence-corrected chi connectivity index (χ0v) is 8.02. The number of ketones is 1. The van der Waals surface area contributed by atoms with Crippen LogP contribution in [0.5, 0.6) is 0 Å². The van der Waals surface area contributed by atoms with Gasteiger partial charge in [-0.1, -0.05) is 23.0 Å². The summed E-state index contributed by atoms with van der Waals surface area (Å²) in [6, 6.07) is 4.20. The Bertz CT molecular complexity index is 497. The molecule has 0 atom stereocenters. The van der Waals surface area contributed by atoms with Gasteiger partial charge in [-0.15, -0.1) is 0 Å². The summed E-state index contributed by atoms with van der Waals surface area (Å²) in [6.07, 6.45) is 0. The molecule has 0 unspecified atom stereocenters. The fourth-order valence-corrected chi connectivity index (χ4v) is 2.23. The van der Waals surface area contributed by atoms with Gasteiger partial charge >= 0.3 is 0 Å². The second-order valence-corrected chi connectivity index (χ2v) is 3.75. The monoisotopic (exact) mass is 224 g/mol. The van der Waals surface area contributed by atoms with Crippen LogP contribution in [0.1, 0.15) is 10.4 Å². The maximum atomic E-state index is 11.5. The number of carbonyl (C=O) groups excluding carboxylic acids is 1. The largest absolute Gasteiger partial charge is 0.410 e. The molecular weight excluding hydrogens is 220 g/mol. The molecule has 1 aliphatic rings. The van der Waals surface area contributed by atoms with Gasteiger partial charge in [-0.2, -0.15) is 0 Å². The Morgan fingerprint density at radius 1 is 1.47 bits per heavy atom. The minimum Gasteiger partial charge on any atom is -0.410 e. The Labute approximate surface area is 87.7 Å². The third-order valence-corrected chi connectivity index (χ3v) is 3.01. The van der Waals surface area contributed by atoms with Crippen LogP contribution in [0.15, 0.2) is 28.3 Å². The molecule has 0 amide bonds. The number of carbonyl (C=O) groups is 1. The number of nitrogens with zero attached hydrogens (tertiary/aromatic N) is 2. The van der Waals surface area contributed by atoms with Crippen molar-refractivity contribution in [2.45, 2.75) is 4.90 Å². The molecule has 0 fully saturated rings. The van der Waals surface area contributed by atoms with E-state index in [1.54, 1.807) is 0 Å². The van der Waals surface area contributed by atoms with Crippen LogP contribution >= 0.6 is 11.8 Å². The van der Waals surface area contributed by atoms with Crippen molar-refractivity contribution in [2.24, 2.45) is 5.16 Å². The van der Waals surface area contributed by atoms with E-state index in [1.165, 1.54) is 18.2 Å². The van der Waals surface area contributed by atoms with E-state index < -0.39 is 10.7 Å². The number of Topliss-reactive ketones (excluding diaryl/α,β-unsaturated/α-hetero) is 1. The van der Waals surface area contributed by atoms with Crippen LogP contribution in [0.4, 0.5) is 5.69 Å². The van der Waals surface area contributed by atoms with Crippen molar-refractivity contribution in [3.05, 3.63) is 33.9 Å². The van der Waals surface area contributed by atoms with Gasteiger partial charge in [-0.05, 0) is 6.07 Å². The first kappa shape index (κ1) is 9.66. The molecule has 15 heavy (non-hydrogen) atoms. The summed E-state index contributed by atoms with van der Waals surface area (Å²) in [5.74, 6) is -0.485. The molecule has 76 valence electrons. The standard InChI is InChI=1S/C8H4N2O4S/c11-6-4-2-1-3-5(10(13)14)7(4)15-8(6)9-12/h1-3,12H/b9-8+. The van der Waals surface area contributed by atoms with E-state index in [0.717, 1.165) is 11.8 Å². The molecule has 6 nitrogen and oxygen atoms in total. The molecular formula is C8H4N2O4S. The van der Waals surface area contributed by atoms with Crippen LogP contribution in [0.2, 0.25) is 0 Å². The third-order valence-electron chi connectivity index (χ3n) is 1.92. The lowest BCUT2D eigenvalue weighted by molar-refractivity contribution is -0.387. The lowest BCUT2D eigenvalue weighted by Gasteiger charge is -1.95. The lowest BCUT2D eigenvalue weighted by atomic mass is 10.1. The van der Waals surface area contributed by atoms with E-state index >= 15 is 0 Å². The van der Waals surface area contributed by atoms with Crippen molar-refractivity contribution in [2.75, 3.05) is 0 Å². The Balaban J connectivity index is 2.63. The number of fused-ring (bicyclic) bond motifs is 1. The Morgan fingerprint density at radius 2 is 2.20 bits per heavy atom. The lowest BCUT2D eigenvalue weighted by Crippen LogP contribution is -2.03. The highest BCUT2D eigenvalue weighted by atomic mass is 32.2. The van der Waals surface area contributed by atoms with Crippen molar-refractivity contribution in [3.63, 3.8) is 0 Å². The van der Waals surface area contributed by atoms with Gasteiger partial charge in [-0.3, -0.25) is 14.9 Å². The van der Waals surface area contributed by atoms with Crippen LogP contribution in [0.25, 0.3) is 0 Å². The van der Waals surface area contributed by atoms with Gasteiger partial charge in [0.2, 0.25) is 5.78 Å². The number of oxime groups is 1. The molecule has 1 N–H and O–H groups in total. The zero-order valence-electron chi connectivity index (χ0n) is 7.21. The fourth-order valence-electron chi connectivity index (χ4n) is 1.28. The molecule has 0 bridgehead atoms. The first-order valence-electron chi connectivity index (χ1n) is 3.87. The summed E-state index contributed by atoms with van der Waals surface area (Å²) < 4.78 is 0. The molecule has 0 radical (unpaired) electrons. The van der Waals surface area contributed by atoms with Gasteiger partial charge in [0.05, 0.1) is 4.92 Å². The minimum atomic E-state index is -0.570. The van der Waals surface area contributed by atoms with Gasteiger partial charge in [0.15, 0.2) is 5.04 Å². The summed E-state index contributed by atoms with van der Waals surface area (Å²) in [4.78, 5) is 21.8. The second kappa shape index (κ2) is 3.35. The molecule has 2 rings (SSSR count). The number of nitro benzene ring substituents is 1. The van der Waals surface area contributed by atoms with Crippen LogP contribution in [0, 0.1) is 10.1 Å². The molecule has 0 saturated heterocycles. The van der Waals surface area contributed by atoms with Gasteiger partial charge in [-0.25, -0.2) is 0 Å². The number of benzene rings is 1. The van der Waals surface area contributed by atoms with E-state index in [1.807, 2.05) is 0 Å². The highest BCUT2D eigenvalue weighted by molar-refractivity contribution is 8.16. The van der Waals surface area contributed by atoms with Crippen molar-refractivity contribution in [1.29, 1.82) is 0 Å². The molecule has 0 saturated carbocycles. The minimum absolute atomic E-state index is 0.140. The average molecular weight is 224 g/mol. The molecule has 1 heterocycles. The van der Waals surface area contributed by atoms with Crippen molar-refractivity contribution in [3.8, 4) is 0 Å². The maximum Gasteiger partial charge on any atom is 0.284 e. The highest BCUT2D eigenvalue weighted by Crippen LogP contribution is 2.39. The molecule has 0 spiro atoms. The topological polar surface area (TPSA) is 92.8 Å². The first-order valence-corrected chi connectivity index (χ1v) is 4.69. The average Bonchev–Trinajstić information content (AvgIpc) is 2.55. The van der Waals surface area contributed by atoms with E-state index in [-0.39, 0.29) is 21.2 Å². The maximum absolute atomic E-state index is 11.5. The van der Waals surface area contributed by atoms with E-state index in [0.29, 0.717) is 0 Å². The van der Waals surface area contributed by atoms with Crippen LogP contribution < -0.4 is 0 Å². The number of hydrogen-bond donors (Lipinski definition) is 1. The molecule has 0 aromatic heterocycles. The molecule has 7 heteroatoms. The van der Waals surface area contributed by atoms with Crippen LogP contribution in [-0.2, 0) is 0 Å². The molecule has 0 aliphatic carbocycles. The fraction of sp³-hybridized carbons (Fsp3) is 0. The third kappa shape index (κ3) is 1.37. The van der Waals surface area contributed by atoms with E-state index in [4.69, 9.17) is 5.21 Å². The summed E-state index contributed by atoms with van der Waals surface area (Å²) >= 11 is 0.808. The Hall–Kier alpha value is -1.89. The molecule has 1 aromatic rings. The predicted molar refractivity (Wildman–Crippen MR) is 52.5 cm³/mol. The van der Waals surface area contributed by atoms with Crippen molar-refractivity contribution in [1.82, 2.24) is 0 Å². The number of rotatable bonds is 1. The second-order valence-electron chi connectivity index (χ2n) is 2.75.